The zero-order valence-electron chi connectivity index (χ0n) is 9.37. The van der Waals surface area contributed by atoms with E-state index >= 15 is 0 Å². The molecule has 0 saturated carbocycles. The van der Waals surface area contributed by atoms with E-state index in [0.717, 1.165) is 15.1 Å². The molecule has 1 aromatic heterocycles. The van der Waals surface area contributed by atoms with Crippen molar-refractivity contribution in [2.45, 2.75) is 29.5 Å². The van der Waals surface area contributed by atoms with Crippen LogP contribution in [-0.4, -0.2) is 36.4 Å². The SMILES string of the molecule is O=C(O)CC1CCCN1S(=O)(=O)c1ccc(Br)s1. The van der Waals surface area contributed by atoms with E-state index in [1.807, 2.05) is 0 Å². The Kier molecular flexibility index (Phi) is 4.10. The first-order valence-corrected chi connectivity index (χ1v) is 8.45. The molecule has 18 heavy (non-hydrogen) atoms. The van der Waals surface area contributed by atoms with Crippen molar-refractivity contribution in [2.24, 2.45) is 0 Å². The number of carboxylic acid groups (broad SMARTS) is 1. The molecule has 1 N–H and O–H groups in total. The third kappa shape index (κ3) is 2.76. The number of sulfonamides is 1. The maximum Gasteiger partial charge on any atom is 0.304 e. The minimum Gasteiger partial charge on any atom is -0.481 e. The zero-order valence-corrected chi connectivity index (χ0v) is 12.6. The van der Waals surface area contributed by atoms with Crippen LogP contribution in [0.1, 0.15) is 19.3 Å². The lowest BCUT2D eigenvalue weighted by atomic mass is 10.2. The van der Waals surface area contributed by atoms with E-state index in [2.05, 4.69) is 15.9 Å². The lowest BCUT2D eigenvalue weighted by molar-refractivity contribution is -0.137. The standard InChI is InChI=1S/C10H12BrNO4S2/c11-8-3-4-10(17-8)18(15,16)12-5-1-2-7(12)6-9(13)14/h3-4,7H,1-2,5-6H2,(H,13,14). The molecule has 2 rings (SSSR count). The van der Waals surface area contributed by atoms with Gasteiger partial charge in [-0.1, -0.05) is 0 Å². The van der Waals surface area contributed by atoms with Gasteiger partial charge in [-0.05, 0) is 40.9 Å². The highest BCUT2D eigenvalue weighted by Crippen LogP contribution is 2.33. The van der Waals surface area contributed by atoms with Gasteiger partial charge in [0.1, 0.15) is 4.21 Å². The van der Waals surface area contributed by atoms with Crippen molar-refractivity contribution in [3.63, 3.8) is 0 Å². The molecule has 0 amide bonds. The van der Waals surface area contributed by atoms with E-state index < -0.39 is 22.0 Å². The van der Waals surface area contributed by atoms with E-state index in [1.54, 1.807) is 12.1 Å². The average Bonchev–Trinajstić information content (AvgIpc) is 2.86. The van der Waals surface area contributed by atoms with E-state index in [9.17, 15) is 13.2 Å². The molecule has 100 valence electrons. The predicted octanol–water partition coefficient (Wildman–Crippen LogP) is 2.14. The lowest BCUT2D eigenvalue weighted by Crippen LogP contribution is -2.36. The molecule has 0 spiro atoms. The molecular weight excluding hydrogens is 342 g/mol. The quantitative estimate of drug-likeness (QED) is 0.899. The van der Waals surface area contributed by atoms with Crippen LogP contribution in [0.2, 0.25) is 0 Å². The molecule has 0 radical (unpaired) electrons. The summed E-state index contributed by atoms with van der Waals surface area (Å²) in [5, 5.41) is 8.81. The van der Waals surface area contributed by atoms with Gasteiger partial charge in [-0.15, -0.1) is 11.3 Å². The highest BCUT2D eigenvalue weighted by molar-refractivity contribution is 9.11. The van der Waals surface area contributed by atoms with Crippen LogP contribution >= 0.6 is 27.3 Å². The maximum absolute atomic E-state index is 12.4. The Balaban J connectivity index is 2.26. The van der Waals surface area contributed by atoms with Crippen molar-refractivity contribution in [2.75, 3.05) is 6.54 Å². The van der Waals surface area contributed by atoms with Crippen LogP contribution in [-0.2, 0) is 14.8 Å². The van der Waals surface area contributed by atoms with Gasteiger partial charge in [0, 0.05) is 12.6 Å². The van der Waals surface area contributed by atoms with Gasteiger partial charge in [0.15, 0.2) is 0 Å². The van der Waals surface area contributed by atoms with E-state index in [1.165, 1.54) is 4.31 Å². The molecular formula is C10H12BrNO4S2. The highest BCUT2D eigenvalue weighted by Gasteiger charge is 2.37. The third-order valence-corrected chi connectivity index (χ3v) is 6.89. The van der Waals surface area contributed by atoms with Gasteiger partial charge in [0.2, 0.25) is 0 Å². The topological polar surface area (TPSA) is 74.7 Å². The molecule has 1 unspecified atom stereocenters. The summed E-state index contributed by atoms with van der Waals surface area (Å²) in [5.41, 5.74) is 0. The molecule has 1 aliphatic heterocycles. The van der Waals surface area contributed by atoms with E-state index in [-0.39, 0.29) is 10.6 Å². The van der Waals surface area contributed by atoms with Crippen LogP contribution in [0, 0.1) is 0 Å². The number of carboxylic acids is 1. The number of rotatable bonds is 4. The summed E-state index contributed by atoms with van der Waals surface area (Å²) < 4.78 is 27.0. The number of thiophene rings is 1. The highest BCUT2D eigenvalue weighted by atomic mass is 79.9. The molecule has 5 nitrogen and oxygen atoms in total. The van der Waals surface area contributed by atoms with Crippen LogP contribution in [0.5, 0.6) is 0 Å². The lowest BCUT2D eigenvalue weighted by Gasteiger charge is -2.21. The molecule has 1 aromatic rings. The molecule has 8 heteroatoms. The molecule has 2 heterocycles. The van der Waals surface area contributed by atoms with Crippen LogP contribution in [0.25, 0.3) is 0 Å². The Morgan fingerprint density at radius 3 is 2.83 bits per heavy atom. The molecule has 1 saturated heterocycles. The fourth-order valence-corrected chi connectivity index (χ4v) is 5.92. The Hall–Kier alpha value is -0.440. The smallest absolute Gasteiger partial charge is 0.304 e. The number of aliphatic carboxylic acids is 1. The van der Waals surface area contributed by atoms with Crippen molar-refractivity contribution in [3.8, 4) is 0 Å². The van der Waals surface area contributed by atoms with Gasteiger partial charge < -0.3 is 5.11 Å². The largest absolute Gasteiger partial charge is 0.481 e. The summed E-state index contributed by atoms with van der Waals surface area (Å²) in [6, 6.07) is 2.80. The van der Waals surface area contributed by atoms with Crippen LogP contribution in [0.15, 0.2) is 20.1 Å². The monoisotopic (exact) mass is 353 g/mol. The Bertz CT molecular complexity index is 554. The number of nitrogens with zero attached hydrogens (tertiary/aromatic N) is 1. The van der Waals surface area contributed by atoms with Gasteiger partial charge in [-0.3, -0.25) is 4.79 Å². The normalized spacial score (nSPS) is 21.3. The van der Waals surface area contributed by atoms with E-state index in [0.29, 0.717) is 19.4 Å². The third-order valence-electron chi connectivity index (χ3n) is 2.84. The van der Waals surface area contributed by atoms with Crippen LogP contribution < -0.4 is 0 Å². The molecule has 0 aromatic carbocycles. The van der Waals surface area contributed by atoms with Gasteiger partial charge in [0.25, 0.3) is 10.0 Å². The minimum absolute atomic E-state index is 0.133. The molecule has 1 aliphatic rings. The number of hydrogen-bond acceptors (Lipinski definition) is 4. The number of carbonyl (C=O) groups is 1. The maximum atomic E-state index is 12.4. The van der Waals surface area contributed by atoms with Gasteiger partial charge in [0.05, 0.1) is 10.2 Å². The summed E-state index contributed by atoms with van der Waals surface area (Å²) in [7, 11) is -3.55. The summed E-state index contributed by atoms with van der Waals surface area (Å²) >= 11 is 4.37. The van der Waals surface area contributed by atoms with Gasteiger partial charge >= 0.3 is 5.97 Å². The molecule has 0 bridgehead atoms. The van der Waals surface area contributed by atoms with E-state index in [4.69, 9.17) is 5.11 Å². The van der Waals surface area contributed by atoms with Crippen molar-refractivity contribution in [3.05, 3.63) is 15.9 Å². The Morgan fingerprint density at radius 2 is 2.28 bits per heavy atom. The fraction of sp³-hybridized carbons (Fsp3) is 0.500. The predicted molar refractivity (Wildman–Crippen MR) is 71.2 cm³/mol. The Labute approximate surface area is 118 Å². The number of hydrogen-bond donors (Lipinski definition) is 1. The second-order valence-corrected chi connectivity index (χ2v) is 8.65. The first-order valence-electron chi connectivity index (χ1n) is 5.40. The average molecular weight is 354 g/mol. The first-order chi connectivity index (χ1) is 8.41. The zero-order chi connectivity index (χ0) is 13.3. The van der Waals surface area contributed by atoms with Crippen molar-refractivity contribution < 1.29 is 18.3 Å². The second kappa shape index (κ2) is 5.28. The summed E-state index contributed by atoms with van der Waals surface area (Å²) in [6.07, 6.45) is 1.19. The Morgan fingerprint density at radius 1 is 1.56 bits per heavy atom. The van der Waals surface area contributed by atoms with Crippen molar-refractivity contribution >= 4 is 43.3 Å². The minimum atomic E-state index is -3.55. The summed E-state index contributed by atoms with van der Waals surface area (Å²) in [4.78, 5) is 10.7. The van der Waals surface area contributed by atoms with Gasteiger partial charge in [-0.25, -0.2) is 8.42 Å². The summed E-state index contributed by atoms with van der Waals surface area (Å²) in [6.45, 7) is 0.399. The summed E-state index contributed by atoms with van der Waals surface area (Å²) in [5.74, 6) is -0.963. The number of halogens is 1. The molecule has 0 aliphatic carbocycles. The molecule has 1 atom stereocenters. The van der Waals surface area contributed by atoms with Gasteiger partial charge in [-0.2, -0.15) is 4.31 Å². The molecule has 1 fully saturated rings. The fourth-order valence-electron chi connectivity index (χ4n) is 2.08. The first kappa shape index (κ1) is 14.0. The van der Waals surface area contributed by atoms with Crippen molar-refractivity contribution in [1.82, 2.24) is 4.31 Å². The van der Waals surface area contributed by atoms with Crippen LogP contribution in [0.3, 0.4) is 0 Å². The second-order valence-electron chi connectivity index (χ2n) is 4.07. The van der Waals surface area contributed by atoms with Crippen LogP contribution in [0.4, 0.5) is 0 Å². The van der Waals surface area contributed by atoms with Crippen molar-refractivity contribution in [1.29, 1.82) is 0 Å².